The largest absolute Gasteiger partial charge is 0.350 e. The molecule has 0 saturated heterocycles. The van der Waals surface area contributed by atoms with Crippen LogP contribution >= 0.6 is 11.8 Å². The minimum atomic E-state index is 0.709. The fraction of sp³-hybridized carbons (Fsp3) is 0.154. The van der Waals surface area contributed by atoms with Crippen LogP contribution < -0.4 is 5.32 Å². The molecule has 0 aliphatic rings. The molecule has 0 saturated carbocycles. The number of rotatable bonds is 4. The fourth-order valence-corrected chi connectivity index (χ4v) is 2.15. The lowest BCUT2D eigenvalue weighted by atomic mass is 10.2. The Morgan fingerprint density at radius 1 is 1.16 bits per heavy atom. The van der Waals surface area contributed by atoms with Gasteiger partial charge in [0.2, 0.25) is 5.95 Å². The van der Waals surface area contributed by atoms with Crippen molar-refractivity contribution in [2.45, 2.75) is 11.7 Å². The van der Waals surface area contributed by atoms with Crippen LogP contribution in [0.15, 0.2) is 47.8 Å². The third-order valence-electron chi connectivity index (χ3n) is 2.71. The van der Waals surface area contributed by atoms with E-state index in [0.29, 0.717) is 12.5 Å². The quantitative estimate of drug-likeness (QED) is 0.739. The molecule has 0 aliphatic heterocycles. The van der Waals surface area contributed by atoms with Crippen molar-refractivity contribution in [3.05, 3.63) is 48.2 Å². The van der Waals surface area contributed by atoms with Gasteiger partial charge in [0.15, 0.2) is 10.8 Å². The molecule has 19 heavy (non-hydrogen) atoms. The molecule has 0 fully saturated rings. The van der Waals surface area contributed by atoms with Crippen LogP contribution in [0.5, 0.6) is 0 Å². The molecule has 0 atom stereocenters. The molecule has 0 amide bonds. The van der Waals surface area contributed by atoms with Gasteiger partial charge in [0.25, 0.3) is 0 Å². The number of nitrogens with zero attached hydrogens (tertiary/aromatic N) is 4. The average Bonchev–Trinajstić information content (AvgIpc) is 2.94. The van der Waals surface area contributed by atoms with Gasteiger partial charge in [0, 0.05) is 12.6 Å². The Morgan fingerprint density at radius 2 is 2.00 bits per heavy atom. The number of benzene rings is 1. The van der Waals surface area contributed by atoms with Gasteiger partial charge in [0.05, 0.1) is 6.20 Å². The molecule has 0 spiro atoms. The third kappa shape index (κ3) is 2.53. The summed E-state index contributed by atoms with van der Waals surface area (Å²) in [5.41, 5.74) is 2.00. The summed E-state index contributed by atoms with van der Waals surface area (Å²) < 4.78 is 1.71. The second-order valence-electron chi connectivity index (χ2n) is 3.97. The van der Waals surface area contributed by atoms with Crippen LogP contribution in [-0.2, 0) is 6.54 Å². The standard InChI is InChI=1S/C13H13N5S/c1-19-13-16-11-7-8-15-18(11)12(17-13)14-9-10-5-3-2-4-6-10/h2-8H,9H2,1H3,(H,14,16,17). The molecule has 5 nitrogen and oxygen atoms in total. The first kappa shape index (κ1) is 12.0. The molecule has 6 heteroatoms. The maximum absolute atomic E-state index is 4.45. The Morgan fingerprint density at radius 3 is 2.79 bits per heavy atom. The predicted octanol–water partition coefficient (Wildman–Crippen LogP) is 2.46. The number of hydrogen-bond acceptors (Lipinski definition) is 5. The van der Waals surface area contributed by atoms with Gasteiger partial charge in [-0.05, 0) is 11.8 Å². The van der Waals surface area contributed by atoms with Gasteiger partial charge >= 0.3 is 0 Å². The van der Waals surface area contributed by atoms with Crippen molar-refractivity contribution < 1.29 is 0 Å². The van der Waals surface area contributed by atoms with Gasteiger partial charge in [-0.25, -0.2) is 4.98 Å². The molecule has 96 valence electrons. The fourth-order valence-electron chi connectivity index (χ4n) is 1.79. The lowest BCUT2D eigenvalue weighted by molar-refractivity contribution is 0.831. The Labute approximate surface area is 115 Å². The van der Waals surface area contributed by atoms with E-state index in [0.717, 1.165) is 10.8 Å². The molecule has 0 aliphatic carbocycles. The first-order valence-electron chi connectivity index (χ1n) is 5.90. The number of anilines is 1. The van der Waals surface area contributed by atoms with E-state index in [9.17, 15) is 0 Å². The van der Waals surface area contributed by atoms with Gasteiger partial charge in [-0.3, -0.25) is 0 Å². The molecule has 1 N–H and O–H groups in total. The Bertz CT molecular complexity index is 680. The second kappa shape index (κ2) is 5.27. The van der Waals surface area contributed by atoms with Crippen molar-refractivity contribution in [1.29, 1.82) is 0 Å². The third-order valence-corrected chi connectivity index (χ3v) is 3.26. The van der Waals surface area contributed by atoms with E-state index in [4.69, 9.17) is 0 Å². The number of fused-ring (bicyclic) bond motifs is 1. The van der Waals surface area contributed by atoms with Gasteiger partial charge < -0.3 is 5.32 Å². The maximum Gasteiger partial charge on any atom is 0.228 e. The lowest BCUT2D eigenvalue weighted by Gasteiger charge is -2.08. The van der Waals surface area contributed by atoms with E-state index in [1.54, 1.807) is 10.7 Å². The van der Waals surface area contributed by atoms with Gasteiger partial charge in [-0.15, -0.1) is 0 Å². The SMILES string of the molecule is CSc1nc(NCc2ccccc2)n2nccc2n1. The molecule has 1 aromatic carbocycles. The van der Waals surface area contributed by atoms with Crippen molar-refractivity contribution >= 4 is 23.4 Å². The van der Waals surface area contributed by atoms with Crippen molar-refractivity contribution in [1.82, 2.24) is 19.6 Å². The van der Waals surface area contributed by atoms with E-state index < -0.39 is 0 Å². The molecule has 0 bridgehead atoms. The summed E-state index contributed by atoms with van der Waals surface area (Å²) >= 11 is 1.52. The van der Waals surface area contributed by atoms with E-state index in [1.165, 1.54) is 17.3 Å². The Hall–Kier alpha value is -2.08. The summed E-state index contributed by atoms with van der Waals surface area (Å²) in [4.78, 5) is 8.83. The van der Waals surface area contributed by atoms with Crippen LogP contribution in [0.25, 0.3) is 5.65 Å². The van der Waals surface area contributed by atoms with Crippen LogP contribution in [0.2, 0.25) is 0 Å². The predicted molar refractivity (Wildman–Crippen MR) is 76.3 cm³/mol. The van der Waals surface area contributed by atoms with Crippen molar-refractivity contribution in [3.63, 3.8) is 0 Å². The average molecular weight is 271 g/mol. The summed E-state index contributed by atoms with van der Waals surface area (Å²) in [7, 11) is 0. The first-order valence-corrected chi connectivity index (χ1v) is 7.13. The van der Waals surface area contributed by atoms with Crippen LogP contribution in [0.4, 0.5) is 5.95 Å². The van der Waals surface area contributed by atoms with Gasteiger partial charge in [-0.2, -0.15) is 14.6 Å². The lowest BCUT2D eigenvalue weighted by Crippen LogP contribution is -2.09. The Balaban J connectivity index is 1.89. The highest BCUT2D eigenvalue weighted by Gasteiger charge is 2.07. The van der Waals surface area contributed by atoms with Gasteiger partial charge in [0.1, 0.15) is 0 Å². The molecule has 2 aromatic heterocycles. The van der Waals surface area contributed by atoms with Crippen LogP contribution in [-0.4, -0.2) is 25.8 Å². The number of thioether (sulfide) groups is 1. The van der Waals surface area contributed by atoms with Gasteiger partial charge in [-0.1, -0.05) is 42.1 Å². The van der Waals surface area contributed by atoms with Crippen molar-refractivity contribution in [2.75, 3.05) is 11.6 Å². The summed E-state index contributed by atoms with van der Waals surface area (Å²) in [6.07, 6.45) is 3.69. The highest BCUT2D eigenvalue weighted by molar-refractivity contribution is 7.98. The summed E-state index contributed by atoms with van der Waals surface area (Å²) in [6.45, 7) is 0.709. The molecular weight excluding hydrogens is 258 g/mol. The monoisotopic (exact) mass is 271 g/mol. The molecular formula is C13H13N5S. The number of hydrogen-bond donors (Lipinski definition) is 1. The molecule has 0 unspecified atom stereocenters. The highest BCUT2D eigenvalue weighted by Crippen LogP contribution is 2.15. The van der Waals surface area contributed by atoms with E-state index >= 15 is 0 Å². The summed E-state index contributed by atoms with van der Waals surface area (Å²) in [5.74, 6) is 0.711. The van der Waals surface area contributed by atoms with Crippen LogP contribution in [0.3, 0.4) is 0 Å². The van der Waals surface area contributed by atoms with Crippen LogP contribution in [0.1, 0.15) is 5.56 Å². The minimum absolute atomic E-state index is 0.709. The van der Waals surface area contributed by atoms with E-state index in [-0.39, 0.29) is 0 Å². The molecule has 3 rings (SSSR count). The normalized spacial score (nSPS) is 10.8. The van der Waals surface area contributed by atoms with Crippen LogP contribution in [0, 0.1) is 0 Å². The van der Waals surface area contributed by atoms with Crippen molar-refractivity contribution in [2.24, 2.45) is 0 Å². The van der Waals surface area contributed by atoms with E-state index in [2.05, 4.69) is 32.5 Å². The van der Waals surface area contributed by atoms with E-state index in [1.807, 2.05) is 30.5 Å². The smallest absolute Gasteiger partial charge is 0.228 e. The Kier molecular flexibility index (Phi) is 3.33. The zero-order valence-corrected chi connectivity index (χ0v) is 11.3. The summed E-state index contributed by atoms with van der Waals surface area (Å²) in [5, 5.41) is 8.27. The van der Waals surface area contributed by atoms with Crippen molar-refractivity contribution in [3.8, 4) is 0 Å². The maximum atomic E-state index is 4.45. The second-order valence-corrected chi connectivity index (χ2v) is 4.75. The zero-order chi connectivity index (χ0) is 13.1. The topological polar surface area (TPSA) is 55.1 Å². The highest BCUT2D eigenvalue weighted by atomic mass is 32.2. The first-order chi connectivity index (χ1) is 9.36. The minimum Gasteiger partial charge on any atom is -0.350 e. The molecule has 2 heterocycles. The number of nitrogens with one attached hydrogen (secondary N) is 1. The molecule has 0 radical (unpaired) electrons. The molecule has 3 aromatic rings. The summed E-state index contributed by atoms with van der Waals surface area (Å²) in [6, 6.07) is 12.1. The number of aromatic nitrogens is 4. The zero-order valence-electron chi connectivity index (χ0n) is 10.4.